The van der Waals surface area contributed by atoms with Gasteiger partial charge in [0.15, 0.2) is 0 Å². The minimum absolute atomic E-state index is 0.359. The molecule has 3 nitrogen and oxygen atoms in total. The summed E-state index contributed by atoms with van der Waals surface area (Å²) in [4.78, 5) is 0. The smallest absolute Gasteiger partial charge is 0.0576 e. The first-order chi connectivity index (χ1) is 7.36. The van der Waals surface area contributed by atoms with E-state index >= 15 is 0 Å². The zero-order valence-electron chi connectivity index (χ0n) is 9.49. The lowest BCUT2D eigenvalue weighted by Crippen LogP contribution is -2.34. The van der Waals surface area contributed by atoms with Crippen molar-refractivity contribution in [1.82, 2.24) is 0 Å². The van der Waals surface area contributed by atoms with Crippen LogP contribution < -0.4 is 5.73 Å². The predicted molar refractivity (Wildman–Crippen MR) is 59.7 cm³/mol. The van der Waals surface area contributed by atoms with Crippen molar-refractivity contribution in [3.05, 3.63) is 0 Å². The van der Waals surface area contributed by atoms with Crippen LogP contribution in [-0.4, -0.2) is 32.0 Å². The highest BCUT2D eigenvalue weighted by Gasteiger charge is 2.23. The van der Waals surface area contributed by atoms with E-state index < -0.39 is 0 Å². The van der Waals surface area contributed by atoms with E-state index in [4.69, 9.17) is 15.2 Å². The molecule has 2 saturated heterocycles. The van der Waals surface area contributed by atoms with Gasteiger partial charge in [-0.25, -0.2) is 0 Å². The van der Waals surface area contributed by atoms with Crippen molar-refractivity contribution in [3.8, 4) is 0 Å². The van der Waals surface area contributed by atoms with Gasteiger partial charge in [0.25, 0.3) is 0 Å². The van der Waals surface area contributed by atoms with Crippen molar-refractivity contribution in [3.63, 3.8) is 0 Å². The van der Waals surface area contributed by atoms with Gasteiger partial charge in [-0.1, -0.05) is 0 Å². The van der Waals surface area contributed by atoms with E-state index in [9.17, 15) is 0 Å². The molecule has 0 amide bonds. The number of hydrogen-bond acceptors (Lipinski definition) is 3. The van der Waals surface area contributed by atoms with Crippen molar-refractivity contribution in [2.45, 2.75) is 50.7 Å². The molecule has 0 aromatic carbocycles. The van der Waals surface area contributed by atoms with Gasteiger partial charge < -0.3 is 15.2 Å². The van der Waals surface area contributed by atoms with E-state index in [1.54, 1.807) is 0 Å². The number of hydrogen-bond donors (Lipinski definition) is 1. The highest BCUT2D eigenvalue weighted by molar-refractivity contribution is 4.77. The fourth-order valence-corrected chi connectivity index (χ4v) is 2.63. The number of rotatable bonds is 4. The normalized spacial score (nSPS) is 30.6. The van der Waals surface area contributed by atoms with Gasteiger partial charge in [-0.05, 0) is 44.4 Å². The second-order valence-corrected chi connectivity index (χ2v) is 4.83. The first kappa shape index (κ1) is 11.4. The fourth-order valence-electron chi connectivity index (χ4n) is 2.63. The van der Waals surface area contributed by atoms with Crippen LogP contribution in [0.15, 0.2) is 0 Å². The lowest BCUT2D eigenvalue weighted by molar-refractivity contribution is 0.0530. The molecular formula is C12H23NO2. The maximum Gasteiger partial charge on any atom is 0.0576 e. The molecule has 15 heavy (non-hydrogen) atoms. The van der Waals surface area contributed by atoms with Gasteiger partial charge in [0.05, 0.1) is 6.10 Å². The topological polar surface area (TPSA) is 44.5 Å². The zero-order chi connectivity index (χ0) is 10.5. The third-order valence-electron chi connectivity index (χ3n) is 3.72. The van der Waals surface area contributed by atoms with Gasteiger partial charge in [0.2, 0.25) is 0 Å². The van der Waals surface area contributed by atoms with Gasteiger partial charge in [0, 0.05) is 25.9 Å². The highest BCUT2D eigenvalue weighted by Crippen LogP contribution is 2.23. The maximum absolute atomic E-state index is 6.22. The van der Waals surface area contributed by atoms with E-state index in [1.165, 1.54) is 12.8 Å². The minimum atomic E-state index is 0.359. The summed E-state index contributed by atoms with van der Waals surface area (Å²) in [6.07, 6.45) is 7.53. The van der Waals surface area contributed by atoms with Crippen molar-refractivity contribution >= 4 is 0 Å². The lowest BCUT2D eigenvalue weighted by atomic mass is 9.89. The quantitative estimate of drug-likeness (QED) is 0.773. The Morgan fingerprint density at radius 3 is 2.60 bits per heavy atom. The Hall–Kier alpha value is -0.120. The lowest BCUT2D eigenvalue weighted by Gasteiger charge is -2.28. The van der Waals surface area contributed by atoms with Crippen LogP contribution in [0.25, 0.3) is 0 Å². The molecule has 2 N–H and O–H groups in total. The summed E-state index contributed by atoms with van der Waals surface area (Å²) in [6, 6.07) is 0.359. The van der Waals surface area contributed by atoms with E-state index in [2.05, 4.69) is 0 Å². The Morgan fingerprint density at radius 1 is 1.13 bits per heavy atom. The van der Waals surface area contributed by atoms with Crippen molar-refractivity contribution in [1.29, 1.82) is 0 Å². The zero-order valence-corrected chi connectivity index (χ0v) is 9.49. The fraction of sp³-hybridized carbons (Fsp3) is 1.00. The summed E-state index contributed by atoms with van der Waals surface area (Å²) in [5, 5.41) is 0. The third-order valence-corrected chi connectivity index (χ3v) is 3.72. The molecule has 0 radical (unpaired) electrons. The van der Waals surface area contributed by atoms with Crippen LogP contribution in [0.5, 0.6) is 0 Å². The number of nitrogens with two attached hydrogens (primary N) is 1. The largest absolute Gasteiger partial charge is 0.381 e. The van der Waals surface area contributed by atoms with E-state index in [0.717, 1.165) is 45.5 Å². The monoisotopic (exact) mass is 213 g/mol. The van der Waals surface area contributed by atoms with Crippen LogP contribution in [0, 0.1) is 5.92 Å². The van der Waals surface area contributed by atoms with Gasteiger partial charge >= 0.3 is 0 Å². The second kappa shape index (κ2) is 5.83. The summed E-state index contributed by atoms with van der Waals surface area (Å²) in [5.74, 6) is 0.681. The van der Waals surface area contributed by atoms with Crippen molar-refractivity contribution in [2.24, 2.45) is 11.7 Å². The second-order valence-electron chi connectivity index (χ2n) is 4.83. The van der Waals surface area contributed by atoms with Gasteiger partial charge in [0.1, 0.15) is 0 Å². The molecule has 0 spiro atoms. The molecule has 0 aromatic heterocycles. The summed E-state index contributed by atoms with van der Waals surface area (Å²) < 4.78 is 11.0. The Labute approximate surface area is 92.3 Å². The van der Waals surface area contributed by atoms with Crippen LogP contribution >= 0.6 is 0 Å². The Morgan fingerprint density at radius 2 is 1.93 bits per heavy atom. The summed E-state index contributed by atoms with van der Waals surface area (Å²) in [6.45, 7) is 2.76. The molecule has 0 bridgehead atoms. The van der Waals surface area contributed by atoms with E-state index in [1.807, 2.05) is 0 Å². The minimum Gasteiger partial charge on any atom is -0.381 e. The van der Waals surface area contributed by atoms with Crippen molar-refractivity contribution < 1.29 is 9.47 Å². The van der Waals surface area contributed by atoms with Crippen LogP contribution in [-0.2, 0) is 9.47 Å². The Bertz CT molecular complexity index is 174. The maximum atomic E-state index is 6.22. The number of ether oxygens (including phenoxy) is 2. The average Bonchev–Trinajstić information content (AvgIpc) is 2.80. The summed E-state index contributed by atoms with van der Waals surface area (Å²) in [5.41, 5.74) is 6.22. The Kier molecular flexibility index (Phi) is 4.42. The molecule has 2 fully saturated rings. The van der Waals surface area contributed by atoms with E-state index in [-0.39, 0.29) is 0 Å². The molecule has 3 heteroatoms. The van der Waals surface area contributed by atoms with Crippen LogP contribution in [0.4, 0.5) is 0 Å². The van der Waals surface area contributed by atoms with Gasteiger partial charge in [-0.2, -0.15) is 0 Å². The van der Waals surface area contributed by atoms with Gasteiger partial charge in [-0.15, -0.1) is 0 Å². The first-order valence-electron chi connectivity index (χ1n) is 6.31. The van der Waals surface area contributed by atoms with Crippen LogP contribution in [0.3, 0.4) is 0 Å². The molecule has 2 aliphatic heterocycles. The SMILES string of the molecule is NC(CCC1CCCO1)C1CCOCC1. The first-order valence-corrected chi connectivity index (χ1v) is 6.31. The summed E-state index contributed by atoms with van der Waals surface area (Å²) >= 11 is 0. The molecule has 88 valence electrons. The molecule has 2 atom stereocenters. The molecule has 2 aliphatic rings. The molecular weight excluding hydrogens is 190 g/mol. The van der Waals surface area contributed by atoms with E-state index in [0.29, 0.717) is 18.1 Å². The van der Waals surface area contributed by atoms with Crippen LogP contribution in [0.2, 0.25) is 0 Å². The average molecular weight is 213 g/mol. The molecule has 2 unspecified atom stereocenters. The molecule has 0 saturated carbocycles. The highest BCUT2D eigenvalue weighted by atomic mass is 16.5. The molecule has 0 aliphatic carbocycles. The standard InChI is InChI=1S/C12H23NO2/c13-12(10-5-8-14-9-6-10)4-3-11-2-1-7-15-11/h10-12H,1-9,13H2. The summed E-state index contributed by atoms with van der Waals surface area (Å²) in [7, 11) is 0. The third kappa shape index (κ3) is 3.44. The molecule has 2 rings (SSSR count). The molecule has 2 heterocycles. The van der Waals surface area contributed by atoms with Gasteiger partial charge in [-0.3, -0.25) is 0 Å². The van der Waals surface area contributed by atoms with Crippen molar-refractivity contribution in [2.75, 3.05) is 19.8 Å². The molecule has 0 aromatic rings. The predicted octanol–water partition coefficient (Wildman–Crippen LogP) is 1.70. The van der Waals surface area contributed by atoms with Crippen LogP contribution in [0.1, 0.15) is 38.5 Å². The Balaban J connectivity index is 1.64.